The maximum absolute atomic E-state index is 11.6. The number of carbonyl (C=O) groups excluding carboxylic acids is 1. The summed E-state index contributed by atoms with van der Waals surface area (Å²) >= 11 is 0. The van der Waals surface area contributed by atoms with E-state index in [1.807, 2.05) is 30.1 Å². The molecular formula is C15H14N4O. The lowest BCUT2D eigenvalue weighted by atomic mass is 10.2. The molecule has 100 valence electrons. The highest BCUT2D eigenvalue weighted by Crippen LogP contribution is 2.24. The van der Waals surface area contributed by atoms with Crippen LogP contribution in [0.25, 0.3) is 0 Å². The number of benzene rings is 1. The van der Waals surface area contributed by atoms with E-state index in [0.29, 0.717) is 11.3 Å². The Bertz CT molecular complexity index is 676. The Hall–Kier alpha value is -2.87. The van der Waals surface area contributed by atoms with Crippen LogP contribution in [0.1, 0.15) is 16.1 Å². The van der Waals surface area contributed by atoms with E-state index < -0.39 is 0 Å². The van der Waals surface area contributed by atoms with Gasteiger partial charge in [-0.1, -0.05) is 6.07 Å². The van der Waals surface area contributed by atoms with E-state index in [-0.39, 0.29) is 5.91 Å². The van der Waals surface area contributed by atoms with E-state index in [1.165, 1.54) is 0 Å². The second-order valence-electron chi connectivity index (χ2n) is 4.20. The van der Waals surface area contributed by atoms with Gasteiger partial charge in [-0.3, -0.25) is 9.78 Å². The second-order valence-corrected chi connectivity index (χ2v) is 4.20. The molecule has 1 aromatic heterocycles. The first-order valence-corrected chi connectivity index (χ1v) is 6.07. The SMILES string of the molecule is CNC(=O)c1cc(N(C)c2cccc(C#N)c2)ccn1. The molecule has 0 saturated carbocycles. The molecular weight excluding hydrogens is 252 g/mol. The molecule has 0 bridgehead atoms. The summed E-state index contributed by atoms with van der Waals surface area (Å²) in [6, 6.07) is 12.9. The summed E-state index contributed by atoms with van der Waals surface area (Å²) in [7, 11) is 3.44. The first kappa shape index (κ1) is 13.6. The van der Waals surface area contributed by atoms with Crippen LogP contribution in [0.4, 0.5) is 11.4 Å². The van der Waals surface area contributed by atoms with Gasteiger partial charge in [0.1, 0.15) is 5.69 Å². The van der Waals surface area contributed by atoms with E-state index >= 15 is 0 Å². The van der Waals surface area contributed by atoms with Gasteiger partial charge >= 0.3 is 0 Å². The number of carbonyl (C=O) groups is 1. The molecule has 0 unspecified atom stereocenters. The quantitative estimate of drug-likeness (QED) is 0.923. The van der Waals surface area contributed by atoms with Crippen molar-refractivity contribution in [3.05, 3.63) is 53.9 Å². The fraction of sp³-hybridized carbons (Fsp3) is 0.133. The fourth-order valence-corrected chi connectivity index (χ4v) is 1.81. The van der Waals surface area contributed by atoms with Crippen molar-refractivity contribution in [3.63, 3.8) is 0 Å². The van der Waals surface area contributed by atoms with Crippen LogP contribution in [0.15, 0.2) is 42.6 Å². The molecule has 0 aliphatic heterocycles. The predicted molar refractivity (Wildman–Crippen MR) is 76.8 cm³/mol. The minimum Gasteiger partial charge on any atom is -0.354 e. The second kappa shape index (κ2) is 5.85. The molecule has 0 aliphatic rings. The zero-order valence-electron chi connectivity index (χ0n) is 11.3. The molecule has 5 heteroatoms. The van der Waals surface area contributed by atoms with E-state index in [0.717, 1.165) is 11.4 Å². The molecule has 1 N–H and O–H groups in total. The Morgan fingerprint density at radius 2 is 2.05 bits per heavy atom. The average Bonchev–Trinajstić information content (AvgIpc) is 2.53. The topological polar surface area (TPSA) is 69.0 Å². The van der Waals surface area contributed by atoms with Gasteiger partial charge in [0.25, 0.3) is 5.91 Å². The van der Waals surface area contributed by atoms with Crippen molar-refractivity contribution in [3.8, 4) is 6.07 Å². The summed E-state index contributed by atoms with van der Waals surface area (Å²) in [5, 5.41) is 11.5. The van der Waals surface area contributed by atoms with Crippen LogP contribution in [0.3, 0.4) is 0 Å². The molecule has 2 aromatic rings. The zero-order valence-corrected chi connectivity index (χ0v) is 11.3. The number of hydrogen-bond donors (Lipinski definition) is 1. The van der Waals surface area contributed by atoms with Gasteiger partial charge < -0.3 is 10.2 Å². The monoisotopic (exact) mass is 266 g/mol. The molecule has 0 saturated heterocycles. The maximum atomic E-state index is 11.6. The molecule has 1 heterocycles. The Labute approximate surface area is 117 Å². The van der Waals surface area contributed by atoms with Crippen molar-refractivity contribution in [2.45, 2.75) is 0 Å². The number of anilines is 2. The van der Waals surface area contributed by atoms with Crippen LogP contribution < -0.4 is 10.2 Å². The third-order valence-corrected chi connectivity index (χ3v) is 2.95. The number of rotatable bonds is 3. The normalized spacial score (nSPS) is 9.65. The Kier molecular flexibility index (Phi) is 3.96. The number of nitriles is 1. The number of nitrogens with zero attached hydrogens (tertiary/aromatic N) is 3. The van der Waals surface area contributed by atoms with Gasteiger partial charge in [-0.15, -0.1) is 0 Å². The van der Waals surface area contributed by atoms with Gasteiger partial charge in [0, 0.05) is 31.7 Å². The van der Waals surface area contributed by atoms with E-state index in [1.54, 1.807) is 31.4 Å². The summed E-state index contributed by atoms with van der Waals surface area (Å²) in [6.07, 6.45) is 1.59. The third-order valence-electron chi connectivity index (χ3n) is 2.95. The van der Waals surface area contributed by atoms with E-state index in [4.69, 9.17) is 5.26 Å². The molecule has 0 atom stereocenters. The number of amides is 1. The minimum atomic E-state index is -0.231. The van der Waals surface area contributed by atoms with Crippen molar-refractivity contribution < 1.29 is 4.79 Å². The van der Waals surface area contributed by atoms with Crippen LogP contribution in [0.5, 0.6) is 0 Å². The van der Waals surface area contributed by atoms with Crippen molar-refractivity contribution in [2.75, 3.05) is 19.0 Å². The van der Waals surface area contributed by atoms with Crippen LogP contribution in [-0.4, -0.2) is 25.0 Å². The summed E-state index contributed by atoms with van der Waals surface area (Å²) in [4.78, 5) is 17.5. The lowest BCUT2D eigenvalue weighted by Crippen LogP contribution is -2.20. The van der Waals surface area contributed by atoms with Crippen LogP contribution in [0, 0.1) is 11.3 Å². The number of pyridine rings is 1. The summed E-state index contributed by atoms with van der Waals surface area (Å²) in [5.74, 6) is -0.231. The average molecular weight is 266 g/mol. The highest BCUT2D eigenvalue weighted by molar-refractivity contribution is 5.93. The highest BCUT2D eigenvalue weighted by atomic mass is 16.1. The molecule has 5 nitrogen and oxygen atoms in total. The van der Waals surface area contributed by atoms with Gasteiger partial charge in [0.2, 0.25) is 0 Å². The van der Waals surface area contributed by atoms with Crippen LogP contribution in [0.2, 0.25) is 0 Å². The van der Waals surface area contributed by atoms with Gasteiger partial charge in [-0.2, -0.15) is 5.26 Å². The lowest BCUT2D eigenvalue weighted by molar-refractivity contribution is 0.0958. The summed E-state index contributed by atoms with van der Waals surface area (Å²) < 4.78 is 0. The van der Waals surface area contributed by atoms with Crippen molar-refractivity contribution in [2.24, 2.45) is 0 Å². The van der Waals surface area contributed by atoms with E-state index in [2.05, 4.69) is 16.4 Å². The summed E-state index contributed by atoms with van der Waals surface area (Å²) in [6.45, 7) is 0. The Morgan fingerprint density at radius 1 is 1.30 bits per heavy atom. The molecule has 0 aliphatic carbocycles. The van der Waals surface area contributed by atoms with Gasteiger partial charge in [-0.25, -0.2) is 0 Å². The number of aromatic nitrogens is 1. The zero-order chi connectivity index (χ0) is 14.5. The van der Waals surface area contributed by atoms with Gasteiger partial charge in [0.05, 0.1) is 11.6 Å². The van der Waals surface area contributed by atoms with Crippen molar-refractivity contribution in [1.82, 2.24) is 10.3 Å². The largest absolute Gasteiger partial charge is 0.354 e. The molecule has 0 fully saturated rings. The van der Waals surface area contributed by atoms with E-state index in [9.17, 15) is 4.79 Å². The first-order valence-electron chi connectivity index (χ1n) is 6.07. The van der Waals surface area contributed by atoms with Crippen molar-refractivity contribution in [1.29, 1.82) is 5.26 Å². The molecule has 2 rings (SSSR count). The van der Waals surface area contributed by atoms with Crippen LogP contribution >= 0.6 is 0 Å². The number of nitrogens with one attached hydrogen (secondary N) is 1. The number of hydrogen-bond acceptors (Lipinski definition) is 4. The molecule has 1 aromatic carbocycles. The fourth-order valence-electron chi connectivity index (χ4n) is 1.81. The first-order chi connectivity index (χ1) is 9.65. The maximum Gasteiger partial charge on any atom is 0.269 e. The molecule has 1 amide bonds. The molecule has 0 radical (unpaired) electrons. The Morgan fingerprint density at radius 3 is 2.75 bits per heavy atom. The lowest BCUT2D eigenvalue weighted by Gasteiger charge is -2.20. The molecule has 20 heavy (non-hydrogen) atoms. The smallest absolute Gasteiger partial charge is 0.269 e. The van der Waals surface area contributed by atoms with Crippen molar-refractivity contribution >= 4 is 17.3 Å². The predicted octanol–water partition coefficient (Wildman–Crippen LogP) is 2.08. The third kappa shape index (κ3) is 2.75. The van der Waals surface area contributed by atoms with Gasteiger partial charge in [-0.05, 0) is 30.3 Å². The summed E-state index contributed by atoms with van der Waals surface area (Å²) in [5.41, 5.74) is 2.65. The minimum absolute atomic E-state index is 0.231. The molecule has 0 spiro atoms. The highest BCUT2D eigenvalue weighted by Gasteiger charge is 2.09. The Balaban J connectivity index is 2.35. The van der Waals surface area contributed by atoms with Gasteiger partial charge in [0.15, 0.2) is 0 Å². The standard InChI is InChI=1S/C15H14N4O/c1-17-15(20)14-9-13(6-7-18-14)19(2)12-5-3-4-11(8-12)10-16/h3-9H,1-2H3,(H,17,20). The van der Waals surface area contributed by atoms with Crippen LogP contribution in [-0.2, 0) is 0 Å².